The predicted octanol–water partition coefficient (Wildman–Crippen LogP) is 2.55. The second-order valence-electron chi connectivity index (χ2n) is 5.84. The second-order valence-corrected chi connectivity index (χ2v) is 5.84. The van der Waals surface area contributed by atoms with E-state index in [9.17, 15) is 4.79 Å². The number of rotatable bonds is 8. The highest BCUT2D eigenvalue weighted by Gasteiger charge is 2.14. The van der Waals surface area contributed by atoms with E-state index in [1.54, 1.807) is 23.4 Å². The summed E-state index contributed by atoms with van der Waals surface area (Å²) in [5, 5.41) is 7.27. The summed E-state index contributed by atoms with van der Waals surface area (Å²) < 4.78 is 1.78. The number of aryl methyl sites for hydroxylation is 2. The van der Waals surface area contributed by atoms with Crippen LogP contribution in [0.1, 0.15) is 30.0 Å². The number of hydrogen-bond acceptors (Lipinski definition) is 4. The molecule has 2 aromatic heterocycles. The van der Waals surface area contributed by atoms with Crippen LogP contribution in [0.4, 0.5) is 0 Å². The van der Waals surface area contributed by atoms with Crippen LogP contribution in [0.5, 0.6) is 0 Å². The van der Waals surface area contributed by atoms with E-state index >= 15 is 0 Å². The number of amides is 1. The molecule has 1 atom stereocenters. The van der Waals surface area contributed by atoms with E-state index < -0.39 is 0 Å². The van der Waals surface area contributed by atoms with E-state index in [-0.39, 0.29) is 11.9 Å². The molecule has 25 heavy (non-hydrogen) atoms. The molecule has 3 rings (SSSR count). The third-order valence-corrected chi connectivity index (χ3v) is 4.01. The molecule has 0 fully saturated rings. The Morgan fingerprint density at radius 2 is 2.00 bits per heavy atom. The van der Waals surface area contributed by atoms with Crippen LogP contribution >= 0.6 is 0 Å². The molecular weight excluding hydrogens is 314 g/mol. The molecule has 2 heterocycles. The summed E-state index contributed by atoms with van der Waals surface area (Å²) in [4.78, 5) is 20.4. The Bertz CT molecular complexity index is 759. The van der Waals surface area contributed by atoms with Crippen LogP contribution in [0.3, 0.4) is 0 Å². The maximum atomic E-state index is 12.4. The fraction of sp³-hybridized carbons (Fsp3) is 0.263. The normalized spacial score (nSPS) is 11.8. The van der Waals surface area contributed by atoms with Crippen molar-refractivity contribution in [2.45, 2.75) is 31.8 Å². The van der Waals surface area contributed by atoms with Crippen molar-refractivity contribution in [3.8, 4) is 0 Å². The number of nitrogens with one attached hydrogen (secondary N) is 1. The molecule has 6 heteroatoms. The first kappa shape index (κ1) is 16.8. The molecule has 0 aliphatic carbocycles. The molecule has 0 aliphatic rings. The van der Waals surface area contributed by atoms with Crippen LogP contribution in [0.2, 0.25) is 0 Å². The Labute approximate surface area is 146 Å². The van der Waals surface area contributed by atoms with Gasteiger partial charge in [0.1, 0.15) is 12.7 Å². The molecular formula is C19H21N5O. The van der Waals surface area contributed by atoms with E-state index in [1.807, 2.05) is 42.5 Å². The van der Waals surface area contributed by atoms with E-state index in [1.165, 1.54) is 6.33 Å². The van der Waals surface area contributed by atoms with Gasteiger partial charge in [-0.3, -0.25) is 14.5 Å². The molecule has 1 amide bonds. The highest BCUT2D eigenvalue weighted by atomic mass is 16.1. The Morgan fingerprint density at radius 1 is 1.12 bits per heavy atom. The standard InChI is InChI=1S/C19H21N5O/c25-19(9-8-16-5-4-11-20-13-16)23-18(17-6-2-1-3-7-17)10-12-24-15-21-14-22-24/h1-7,11,13-15,18H,8-10,12H2,(H,23,25)/t18-/m0/s1. The van der Waals surface area contributed by atoms with Crippen molar-refractivity contribution in [2.24, 2.45) is 0 Å². The lowest BCUT2D eigenvalue weighted by atomic mass is 10.0. The molecule has 1 aromatic carbocycles. The van der Waals surface area contributed by atoms with Gasteiger partial charge >= 0.3 is 0 Å². The van der Waals surface area contributed by atoms with Crippen LogP contribution in [0.15, 0.2) is 67.5 Å². The van der Waals surface area contributed by atoms with Gasteiger partial charge in [-0.2, -0.15) is 5.10 Å². The summed E-state index contributed by atoms with van der Waals surface area (Å²) in [5.74, 6) is 0.0382. The van der Waals surface area contributed by atoms with Gasteiger partial charge in [0, 0.05) is 25.4 Å². The number of nitrogens with zero attached hydrogens (tertiary/aromatic N) is 4. The van der Waals surface area contributed by atoms with Crippen molar-refractivity contribution in [1.29, 1.82) is 0 Å². The van der Waals surface area contributed by atoms with Gasteiger partial charge in [0.05, 0.1) is 6.04 Å². The number of aromatic nitrogens is 4. The highest BCUT2D eigenvalue weighted by molar-refractivity contribution is 5.76. The number of benzene rings is 1. The maximum absolute atomic E-state index is 12.4. The van der Waals surface area contributed by atoms with Gasteiger partial charge in [0.2, 0.25) is 5.91 Å². The molecule has 1 N–H and O–H groups in total. The van der Waals surface area contributed by atoms with Crippen LogP contribution in [0.25, 0.3) is 0 Å². The fourth-order valence-corrected chi connectivity index (χ4v) is 2.69. The Hall–Kier alpha value is -3.02. The average molecular weight is 335 g/mol. The molecule has 0 aliphatic heterocycles. The molecule has 3 aromatic rings. The van der Waals surface area contributed by atoms with Crippen LogP contribution in [-0.4, -0.2) is 25.7 Å². The summed E-state index contributed by atoms with van der Waals surface area (Å²) in [7, 11) is 0. The molecule has 0 radical (unpaired) electrons. The summed E-state index contributed by atoms with van der Waals surface area (Å²) >= 11 is 0. The van der Waals surface area contributed by atoms with Gasteiger partial charge in [-0.15, -0.1) is 0 Å². The Morgan fingerprint density at radius 3 is 2.72 bits per heavy atom. The average Bonchev–Trinajstić information content (AvgIpc) is 3.18. The zero-order chi connectivity index (χ0) is 17.3. The largest absolute Gasteiger partial charge is 0.349 e. The first-order valence-electron chi connectivity index (χ1n) is 8.37. The van der Waals surface area contributed by atoms with Crippen LogP contribution in [0, 0.1) is 0 Å². The van der Waals surface area contributed by atoms with E-state index in [2.05, 4.69) is 20.4 Å². The topological polar surface area (TPSA) is 72.7 Å². The van der Waals surface area contributed by atoms with Crippen molar-refractivity contribution in [3.05, 3.63) is 78.6 Å². The number of carbonyl (C=O) groups is 1. The van der Waals surface area contributed by atoms with E-state index in [4.69, 9.17) is 0 Å². The molecule has 128 valence electrons. The molecule has 6 nitrogen and oxygen atoms in total. The summed E-state index contributed by atoms with van der Waals surface area (Å²) in [5.41, 5.74) is 2.16. The van der Waals surface area contributed by atoms with Crippen molar-refractivity contribution in [2.75, 3.05) is 0 Å². The van der Waals surface area contributed by atoms with Gasteiger partial charge < -0.3 is 5.32 Å². The minimum atomic E-state index is -0.0493. The third kappa shape index (κ3) is 5.24. The predicted molar refractivity (Wildman–Crippen MR) is 94.5 cm³/mol. The smallest absolute Gasteiger partial charge is 0.220 e. The summed E-state index contributed by atoms with van der Waals surface area (Å²) in [6.07, 6.45) is 8.62. The highest BCUT2D eigenvalue weighted by Crippen LogP contribution is 2.17. The Balaban J connectivity index is 1.59. The molecule has 0 unspecified atom stereocenters. The fourth-order valence-electron chi connectivity index (χ4n) is 2.69. The summed E-state index contributed by atoms with van der Waals surface area (Å²) in [6, 6.07) is 13.8. The van der Waals surface area contributed by atoms with Gasteiger partial charge in [-0.1, -0.05) is 36.4 Å². The zero-order valence-corrected chi connectivity index (χ0v) is 14.0. The van der Waals surface area contributed by atoms with Crippen molar-refractivity contribution >= 4 is 5.91 Å². The molecule has 0 bridgehead atoms. The number of hydrogen-bond donors (Lipinski definition) is 1. The maximum Gasteiger partial charge on any atom is 0.220 e. The molecule has 0 spiro atoms. The van der Waals surface area contributed by atoms with Gasteiger partial charge in [-0.25, -0.2) is 4.98 Å². The lowest BCUT2D eigenvalue weighted by molar-refractivity contribution is -0.121. The van der Waals surface area contributed by atoms with Gasteiger partial charge in [-0.05, 0) is 30.0 Å². The van der Waals surface area contributed by atoms with Crippen LogP contribution < -0.4 is 5.32 Å². The minimum Gasteiger partial charge on any atom is -0.349 e. The van der Waals surface area contributed by atoms with Gasteiger partial charge in [0.15, 0.2) is 0 Å². The van der Waals surface area contributed by atoms with Crippen molar-refractivity contribution in [3.63, 3.8) is 0 Å². The summed E-state index contributed by atoms with van der Waals surface area (Å²) in [6.45, 7) is 0.697. The van der Waals surface area contributed by atoms with Crippen molar-refractivity contribution in [1.82, 2.24) is 25.1 Å². The lowest BCUT2D eigenvalue weighted by Crippen LogP contribution is -2.29. The molecule has 0 saturated heterocycles. The van der Waals surface area contributed by atoms with E-state index in [0.29, 0.717) is 19.4 Å². The first-order chi connectivity index (χ1) is 12.3. The number of pyridine rings is 1. The van der Waals surface area contributed by atoms with E-state index in [0.717, 1.165) is 17.5 Å². The Kier molecular flexibility index (Phi) is 5.87. The van der Waals surface area contributed by atoms with Gasteiger partial charge in [0.25, 0.3) is 0 Å². The van der Waals surface area contributed by atoms with Crippen LogP contribution in [-0.2, 0) is 17.8 Å². The minimum absolute atomic E-state index is 0.0382. The lowest BCUT2D eigenvalue weighted by Gasteiger charge is -2.19. The second kappa shape index (κ2) is 8.73. The third-order valence-electron chi connectivity index (χ3n) is 4.01. The quantitative estimate of drug-likeness (QED) is 0.687. The molecule has 0 saturated carbocycles. The monoisotopic (exact) mass is 335 g/mol. The number of carbonyl (C=O) groups excluding carboxylic acids is 1. The zero-order valence-electron chi connectivity index (χ0n) is 14.0. The van der Waals surface area contributed by atoms with Crippen molar-refractivity contribution < 1.29 is 4.79 Å². The SMILES string of the molecule is O=C(CCc1cccnc1)N[C@@H](CCn1cncn1)c1ccccc1. The first-order valence-corrected chi connectivity index (χ1v) is 8.37.